The van der Waals surface area contributed by atoms with Crippen molar-refractivity contribution in [2.75, 3.05) is 14.2 Å². The van der Waals surface area contributed by atoms with Crippen molar-refractivity contribution in [2.45, 2.75) is 12.5 Å². The molecular weight excluding hydrogens is 322 g/mol. The summed E-state index contributed by atoms with van der Waals surface area (Å²) in [5.74, 6) is -0.888. The van der Waals surface area contributed by atoms with Gasteiger partial charge in [-0.1, -0.05) is 30.3 Å². The minimum absolute atomic E-state index is 0.150. The third-order valence-electron chi connectivity index (χ3n) is 4.22. The molecule has 0 fully saturated rings. The normalized spacial score (nSPS) is 14.2. The summed E-state index contributed by atoms with van der Waals surface area (Å²) in [5, 5.41) is 0. The molecule has 0 bridgehead atoms. The van der Waals surface area contributed by atoms with Crippen molar-refractivity contribution >= 4 is 17.8 Å². The van der Waals surface area contributed by atoms with E-state index in [0.29, 0.717) is 22.4 Å². The number of methoxy groups -OCH3 is 2. The zero-order valence-corrected chi connectivity index (χ0v) is 13.9. The van der Waals surface area contributed by atoms with Gasteiger partial charge in [-0.15, -0.1) is 0 Å². The van der Waals surface area contributed by atoms with Crippen molar-refractivity contribution in [3.63, 3.8) is 0 Å². The number of esters is 1. The smallest absolute Gasteiger partial charge is 0.307 e. The van der Waals surface area contributed by atoms with E-state index >= 15 is 0 Å². The van der Waals surface area contributed by atoms with E-state index in [0.717, 1.165) is 4.90 Å². The maximum absolute atomic E-state index is 12.8. The molecule has 0 aliphatic carbocycles. The van der Waals surface area contributed by atoms with Gasteiger partial charge < -0.3 is 9.47 Å². The monoisotopic (exact) mass is 339 g/mol. The van der Waals surface area contributed by atoms with E-state index in [1.807, 2.05) is 0 Å². The van der Waals surface area contributed by atoms with Crippen LogP contribution in [0.4, 0.5) is 0 Å². The Morgan fingerprint density at radius 1 is 0.960 bits per heavy atom. The molecule has 0 radical (unpaired) electrons. The zero-order valence-electron chi connectivity index (χ0n) is 13.9. The van der Waals surface area contributed by atoms with Crippen LogP contribution in [0.25, 0.3) is 0 Å². The second-order valence-electron chi connectivity index (χ2n) is 5.56. The summed E-state index contributed by atoms with van der Waals surface area (Å²) in [4.78, 5) is 38.6. The molecule has 6 nitrogen and oxygen atoms in total. The number of carbonyl (C=O) groups excluding carboxylic acids is 3. The fourth-order valence-corrected chi connectivity index (χ4v) is 3.01. The minimum Gasteiger partial charge on any atom is -0.496 e. The number of amides is 2. The van der Waals surface area contributed by atoms with Crippen LogP contribution in [0.15, 0.2) is 48.5 Å². The van der Waals surface area contributed by atoms with Gasteiger partial charge in [0.1, 0.15) is 5.75 Å². The molecule has 0 aromatic heterocycles. The Bertz CT molecular complexity index is 810. The highest BCUT2D eigenvalue weighted by Crippen LogP contribution is 2.37. The number of hydrogen-bond acceptors (Lipinski definition) is 5. The van der Waals surface area contributed by atoms with Crippen LogP contribution in [0.1, 0.15) is 38.7 Å². The lowest BCUT2D eigenvalue weighted by atomic mass is 10.0. The van der Waals surface area contributed by atoms with Gasteiger partial charge >= 0.3 is 5.97 Å². The quantitative estimate of drug-likeness (QED) is 0.618. The highest BCUT2D eigenvalue weighted by molar-refractivity contribution is 6.21. The first-order valence-electron chi connectivity index (χ1n) is 7.75. The Hall–Kier alpha value is -3.15. The van der Waals surface area contributed by atoms with Crippen molar-refractivity contribution in [3.8, 4) is 5.75 Å². The van der Waals surface area contributed by atoms with Gasteiger partial charge in [-0.25, -0.2) is 0 Å². The Morgan fingerprint density at radius 3 is 2.08 bits per heavy atom. The first kappa shape index (κ1) is 16.7. The Labute approximate surface area is 145 Å². The zero-order chi connectivity index (χ0) is 18.0. The number of rotatable bonds is 5. The molecule has 2 aromatic rings. The third kappa shape index (κ3) is 2.87. The van der Waals surface area contributed by atoms with E-state index in [1.54, 1.807) is 48.5 Å². The van der Waals surface area contributed by atoms with E-state index in [-0.39, 0.29) is 6.42 Å². The molecule has 1 atom stereocenters. The molecule has 2 aromatic carbocycles. The number of imide groups is 1. The minimum atomic E-state index is -0.809. The fourth-order valence-electron chi connectivity index (χ4n) is 3.01. The van der Waals surface area contributed by atoms with Crippen molar-refractivity contribution in [2.24, 2.45) is 0 Å². The van der Waals surface area contributed by atoms with E-state index in [2.05, 4.69) is 0 Å². The molecule has 0 saturated carbocycles. The summed E-state index contributed by atoms with van der Waals surface area (Å²) in [6, 6.07) is 12.8. The highest BCUT2D eigenvalue weighted by Gasteiger charge is 2.42. The Balaban J connectivity index is 2.09. The fraction of sp³-hybridized carbons (Fsp3) is 0.211. The summed E-state index contributed by atoms with van der Waals surface area (Å²) < 4.78 is 10.1. The molecule has 1 aliphatic rings. The average Bonchev–Trinajstić information content (AvgIpc) is 2.91. The van der Waals surface area contributed by atoms with Crippen molar-refractivity contribution in [1.29, 1.82) is 0 Å². The van der Waals surface area contributed by atoms with Gasteiger partial charge in [-0.05, 0) is 18.2 Å². The summed E-state index contributed by atoms with van der Waals surface area (Å²) in [6.07, 6.45) is -0.150. The van der Waals surface area contributed by atoms with E-state index in [4.69, 9.17) is 9.47 Å². The lowest BCUT2D eigenvalue weighted by molar-refractivity contribution is -0.141. The number of para-hydroxylation sites is 1. The molecule has 2 amide bonds. The number of fused-ring (bicyclic) bond motifs is 1. The van der Waals surface area contributed by atoms with Gasteiger partial charge in [0.25, 0.3) is 11.8 Å². The van der Waals surface area contributed by atoms with Gasteiger partial charge in [-0.2, -0.15) is 0 Å². The SMILES string of the molecule is COC(=O)CC(c1ccccc1OC)N1C(=O)c2ccccc2C1=O. The van der Waals surface area contributed by atoms with Crippen LogP contribution in [0.3, 0.4) is 0 Å². The Kier molecular flexibility index (Phi) is 4.52. The second kappa shape index (κ2) is 6.76. The van der Waals surface area contributed by atoms with Crippen LogP contribution in [0.2, 0.25) is 0 Å². The maximum atomic E-state index is 12.8. The molecule has 3 rings (SSSR count). The van der Waals surface area contributed by atoms with Crippen LogP contribution >= 0.6 is 0 Å². The standard InChI is InChI=1S/C19H17NO5/c1-24-16-10-6-5-9-14(16)15(11-17(21)25-2)20-18(22)12-7-3-4-8-13(12)19(20)23/h3-10,15H,11H2,1-2H3. The Morgan fingerprint density at radius 2 is 1.52 bits per heavy atom. The number of benzene rings is 2. The van der Waals surface area contributed by atoms with Crippen molar-refractivity contribution in [3.05, 3.63) is 65.2 Å². The third-order valence-corrected chi connectivity index (χ3v) is 4.22. The molecule has 25 heavy (non-hydrogen) atoms. The van der Waals surface area contributed by atoms with Crippen LogP contribution in [-0.4, -0.2) is 36.9 Å². The lowest BCUT2D eigenvalue weighted by Crippen LogP contribution is -2.35. The predicted molar refractivity (Wildman–Crippen MR) is 89.3 cm³/mol. The van der Waals surface area contributed by atoms with E-state index in [1.165, 1.54) is 14.2 Å². The largest absolute Gasteiger partial charge is 0.496 e. The van der Waals surface area contributed by atoms with Crippen LogP contribution in [-0.2, 0) is 9.53 Å². The molecular formula is C19H17NO5. The van der Waals surface area contributed by atoms with Gasteiger partial charge in [0.2, 0.25) is 0 Å². The molecule has 0 N–H and O–H groups in total. The average molecular weight is 339 g/mol. The lowest BCUT2D eigenvalue weighted by Gasteiger charge is -2.27. The van der Waals surface area contributed by atoms with Crippen LogP contribution < -0.4 is 4.74 Å². The summed E-state index contributed by atoms with van der Waals surface area (Å²) >= 11 is 0. The van der Waals surface area contributed by atoms with Crippen LogP contribution in [0.5, 0.6) is 5.75 Å². The van der Waals surface area contributed by atoms with Crippen molar-refractivity contribution < 1.29 is 23.9 Å². The number of carbonyl (C=O) groups is 3. The summed E-state index contributed by atoms with van der Waals surface area (Å²) in [5.41, 5.74) is 1.24. The van der Waals surface area contributed by atoms with Gasteiger partial charge in [-0.3, -0.25) is 19.3 Å². The number of nitrogens with zero attached hydrogens (tertiary/aromatic N) is 1. The second-order valence-corrected chi connectivity index (χ2v) is 5.56. The number of ether oxygens (including phenoxy) is 2. The molecule has 1 aliphatic heterocycles. The topological polar surface area (TPSA) is 72.9 Å². The number of hydrogen-bond donors (Lipinski definition) is 0. The van der Waals surface area contributed by atoms with Gasteiger partial charge in [0.05, 0.1) is 37.8 Å². The molecule has 1 heterocycles. The van der Waals surface area contributed by atoms with Crippen LogP contribution in [0, 0.1) is 0 Å². The molecule has 6 heteroatoms. The first-order valence-corrected chi connectivity index (χ1v) is 7.75. The molecule has 0 spiro atoms. The maximum Gasteiger partial charge on any atom is 0.307 e. The molecule has 128 valence electrons. The molecule has 0 saturated heterocycles. The molecule has 1 unspecified atom stereocenters. The highest BCUT2D eigenvalue weighted by atomic mass is 16.5. The van der Waals surface area contributed by atoms with Crippen molar-refractivity contribution in [1.82, 2.24) is 4.90 Å². The predicted octanol–water partition coefficient (Wildman–Crippen LogP) is 2.60. The van der Waals surface area contributed by atoms with E-state index in [9.17, 15) is 14.4 Å². The summed E-state index contributed by atoms with van der Waals surface area (Å²) in [7, 11) is 2.76. The van der Waals surface area contributed by atoms with E-state index < -0.39 is 23.8 Å². The summed E-state index contributed by atoms with van der Waals surface area (Å²) in [6.45, 7) is 0. The first-order chi connectivity index (χ1) is 12.1. The van der Waals surface area contributed by atoms with Gasteiger partial charge in [0, 0.05) is 5.56 Å². The van der Waals surface area contributed by atoms with Gasteiger partial charge in [0.15, 0.2) is 0 Å².